The van der Waals surface area contributed by atoms with Gasteiger partial charge < -0.3 is 5.32 Å². The van der Waals surface area contributed by atoms with E-state index in [9.17, 15) is 0 Å². The number of hydrogen-bond acceptors (Lipinski definition) is 1. The third-order valence-electron chi connectivity index (χ3n) is 3.72. The van der Waals surface area contributed by atoms with Gasteiger partial charge in [-0.3, -0.25) is 0 Å². The van der Waals surface area contributed by atoms with Gasteiger partial charge in [0.15, 0.2) is 0 Å². The quantitative estimate of drug-likeness (QED) is 0.469. The summed E-state index contributed by atoms with van der Waals surface area (Å²) in [7, 11) is 0. The number of nitrogens with one attached hydrogen (secondary N) is 1. The maximum atomic E-state index is 3.78. The maximum absolute atomic E-state index is 3.78. The van der Waals surface area contributed by atoms with Crippen molar-refractivity contribution >= 4 is 0 Å². The number of aryl methyl sites for hydroxylation is 2. The number of likely N-dealkylation sites (N-methyl/N-ethyl adjacent to an activating group) is 1. The molecule has 0 aromatic heterocycles. The summed E-state index contributed by atoms with van der Waals surface area (Å²) < 4.78 is 0. The molecule has 1 rings (SSSR count). The summed E-state index contributed by atoms with van der Waals surface area (Å²) >= 11 is 0. The molecule has 112 valence electrons. The Morgan fingerprint density at radius 2 is 1.80 bits per heavy atom. The van der Waals surface area contributed by atoms with Gasteiger partial charge in [-0.2, -0.15) is 0 Å². The summed E-state index contributed by atoms with van der Waals surface area (Å²) in [5.74, 6) is 0. The lowest BCUT2D eigenvalue weighted by atomic mass is 9.97. The van der Waals surface area contributed by atoms with E-state index >= 15 is 0 Å². The minimum Gasteiger partial charge on any atom is -0.314 e. The zero-order valence-electron chi connectivity index (χ0n) is 13.5. The Balaban J connectivity index is 2.46. The number of allylic oxidation sites excluding steroid dienone is 1. The lowest BCUT2D eigenvalue weighted by Gasteiger charge is -2.18. The molecule has 0 amide bonds. The van der Waals surface area contributed by atoms with Crippen molar-refractivity contribution in [1.29, 1.82) is 0 Å². The highest BCUT2D eigenvalue weighted by Crippen LogP contribution is 2.14. The van der Waals surface area contributed by atoms with E-state index in [0.29, 0.717) is 6.04 Å². The van der Waals surface area contributed by atoms with E-state index in [-0.39, 0.29) is 0 Å². The van der Waals surface area contributed by atoms with Crippen molar-refractivity contribution in [2.45, 2.75) is 65.3 Å². The summed E-state index contributed by atoms with van der Waals surface area (Å²) in [4.78, 5) is 0. The van der Waals surface area contributed by atoms with E-state index in [4.69, 9.17) is 0 Å². The predicted octanol–water partition coefficient (Wildman–Crippen LogP) is 4.96. The summed E-state index contributed by atoms with van der Waals surface area (Å²) in [6.45, 7) is 11.4. The molecule has 20 heavy (non-hydrogen) atoms. The third kappa shape index (κ3) is 6.91. The molecule has 1 atom stereocenters. The Hall–Kier alpha value is -1.08. The van der Waals surface area contributed by atoms with Gasteiger partial charge in [0.2, 0.25) is 0 Å². The van der Waals surface area contributed by atoms with Crippen molar-refractivity contribution in [2.75, 3.05) is 6.54 Å². The Morgan fingerprint density at radius 3 is 2.40 bits per heavy atom. The largest absolute Gasteiger partial charge is 0.314 e. The smallest absolute Gasteiger partial charge is 0.0107 e. The molecule has 0 aliphatic carbocycles. The van der Waals surface area contributed by atoms with Crippen LogP contribution in [0.5, 0.6) is 0 Å². The molecule has 0 saturated heterocycles. The van der Waals surface area contributed by atoms with Crippen LogP contribution in [0.25, 0.3) is 0 Å². The van der Waals surface area contributed by atoms with Crippen LogP contribution in [-0.2, 0) is 6.42 Å². The van der Waals surface area contributed by atoms with Crippen LogP contribution >= 0.6 is 0 Å². The van der Waals surface area contributed by atoms with Gasteiger partial charge in [-0.1, -0.05) is 55.2 Å². The van der Waals surface area contributed by atoms with Gasteiger partial charge in [0.25, 0.3) is 0 Å². The average molecular weight is 273 g/mol. The van der Waals surface area contributed by atoms with Crippen molar-refractivity contribution < 1.29 is 0 Å². The molecule has 0 aliphatic rings. The summed E-state index contributed by atoms with van der Waals surface area (Å²) in [6, 6.07) is 7.52. The summed E-state index contributed by atoms with van der Waals surface area (Å²) in [6.07, 6.45) is 9.53. The number of hydrogen-bond donors (Lipinski definition) is 1. The van der Waals surface area contributed by atoms with E-state index in [0.717, 1.165) is 19.4 Å². The molecule has 0 spiro atoms. The first-order valence-electron chi connectivity index (χ1n) is 8.07. The van der Waals surface area contributed by atoms with E-state index in [1.165, 1.54) is 42.4 Å². The Kier molecular flexibility index (Phi) is 8.29. The van der Waals surface area contributed by atoms with E-state index in [2.05, 4.69) is 50.9 Å². The minimum absolute atomic E-state index is 0.616. The fourth-order valence-corrected chi connectivity index (χ4v) is 2.89. The molecular formula is C19H31N. The van der Waals surface area contributed by atoms with Gasteiger partial charge in [-0.05, 0) is 51.6 Å². The van der Waals surface area contributed by atoms with Gasteiger partial charge in [0.1, 0.15) is 0 Å². The minimum atomic E-state index is 0.616. The highest BCUT2D eigenvalue weighted by Gasteiger charge is 2.08. The van der Waals surface area contributed by atoms with Gasteiger partial charge >= 0.3 is 0 Å². The SMILES string of the molecule is C=CCCCCCC(Cc1cc(C)cc(C)c1)NCC. The van der Waals surface area contributed by atoms with Crippen LogP contribution in [0.4, 0.5) is 0 Å². The monoisotopic (exact) mass is 273 g/mol. The van der Waals surface area contributed by atoms with E-state index < -0.39 is 0 Å². The maximum Gasteiger partial charge on any atom is 0.0107 e. The molecule has 0 bridgehead atoms. The van der Waals surface area contributed by atoms with Gasteiger partial charge in [0, 0.05) is 6.04 Å². The van der Waals surface area contributed by atoms with E-state index in [1.54, 1.807) is 0 Å². The van der Waals surface area contributed by atoms with Crippen LogP contribution in [0.1, 0.15) is 55.7 Å². The van der Waals surface area contributed by atoms with Crippen molar-refractivity contribution in [3.05, 3.63) is 47.5 Å². The van der Waals surface area contributed by atoms with Crippen molar-refractivity contribution in [1.82, 2.24) is 5.32 Å². The lowest BCUT2D eigenvalue weighted by molar-refractivity contribution is 0.464. The van der Waals surface area contributed by atoms with Crippen molar-refractivity contribution in [2.24, 2.45) is 0 Å². The lowest BCUT2D eigenvalue weighted by Crippen LogP contribution is -2.31. The fourth-order valence-electron chi connectivity index (χ4n) is 2.89. The summed E-state index contributed by atoms with van der Waals surface area (Å²) in [5, 5.41) is 3.64. The fraction of sp³-hybridized carbons (Fsp3) is 0.579. The normalized spacial score (nSPS) is 12.3. The molecule has 0 radical (unpaired) electrons. The first-order chi connectivity index (χ1) is 9.65. The zero-order chi connectivity index (χ0) is 14.8. The molecule has 0 aliphatic heterocycles. The molecule has 1 aromatic rings. The Labute approximate surface area is 125 Å². The second-order valence-electron chi connectivity index (χ2n) is 5.88. The molecular weight excluding hydrogens is 242 g/mol. The second-order valence-corrected chi connectivity index (χ2v) is 5.88. The topological polar surface area (TPSA) is 12.0 Å². The van der Waals surface area contributed by atoms with Crippen LogP contribution in [0.3, 0.4) is 0 Å². The predicted molar refractivity (Wildman–Crippen MR) is 90.4 cm³/mol. The van der Waals surface area contributed by atoms with Gasteiger partial charge in [-0.25, -0.2) is 0 Å². The number of rotatable bonds is 10. The highest BCUT2D eigenvalue weighted by molar-refractivity contribution is 5.29. The number of unbranched alkanes of at least 4 members (excludes halogenated alkanes) is 3. The van der Waals surface area contributed by atoms with Crippen LogP contribution in [0.15, 0.2) is 30.9 Å². The molecule has 1 heteroatoms. The Bertz CT molecular complexity index is 375. The first-order valence-corrected chi connectivity index (χ1v) is 8.07. The van der Waals surface area contributed by atoms with Crippen LogP contribution in [0, 0.1) is 13.8 Å². The zero-order valence-corrected chi connectivity index (χ0v) is 13.5. The molecule has 1 nitrogen and oxygen atoms in total. The first kappa shape index (κ1) is 17.0. The van der Waals surface area contributed by atoms with Crippen LogP contribution < -0.4 is 5.32 Å². The van der Waals surface area contributed by atoms with Gasteiger partial charge in [-0.15, -0.1) is 6.58 Å². The molecule has 0 heterocycles. The third-order valence-corrected chi connectivity index (χ3v) is 3.72. The van der Waals surface area contributed by atoms with Gasteiger partial charge in [0.05, 0.1) is 0 Å². The molecule has 0 saturated carbocycles. The Morgan fingerprint density at radius 1 is 1.10 bits per heavy atom. The number of benzene rings is 1. The van der Waals surface area contributed by atoms with E-state index in [1.807, 2.05) is 6.08 Å². The average Bonchev–Trinajstić information content (AvgIpc) is 2.37. The molecule has 1 unspecified atom stereocenters. The molecule has 1 N–H and O–H groups in total. The van der Waals surface area contributed by atoms with Crippen LogP contribution in [-0.4, -0.2) is 12.6 Å². The van der Waals surface area contributed by atoms with Crippen molar-refractivity contribution in [3.63, 3.8) is 0 Å². The van der Waals surface area contributed by atoms with Crippen molar-refractivity contribution in [3.8, 4) is 0 Å². The molecule has 0 fully saturated rings. The highest BCUT2D eigenvalue weighted by atomic mass is 14.9. The second kappa shape index (κ2) is 9.77. The molecule has 1 aromatic carbocycles. The standard InChI is InChI=1S/C19H31N/c1-5-7-8-9-10-11-19(20-6-2)15-18-13-16(3)12-17(4)14-18/h5,12-14,19-20H,1,6-11,15H2,2-4H3. The van der Waals surface area contributed by atoms with Crippen LogP contribution in [0.2, 0.25) is 0 Å². The summed E-state index contributed by atoms with van der Waals surface area (Å²) in [5.41, 5.74) is 4.22.